The van der Waals surface area contributed by atoms with Gasteiger partial charge in [-0.15, -0.1) is 0 Å². The molecule has 1 heterocycles. The molecule has 0 aromatic carbocycles. The Kier molecular flexibility index (Phi) is 2.80. The minimum absolute atomic E-state index is 0.225. The summed E-state index contributed by atoms with van der Waals surface area (Å²) in [7, 11) is 1.41. The van der Waals surface area contributed by atoms with Crippen molar-refractivity contribution < 1.29 is 13.9 Å². The summed E-state index contributed by atoms with van der Waals surface area (Å²) in [6, 6.07) is 0. The molecule has 0 fully saturated rings. The lowest BCUT2D eigenvalue weighted by molar-refractivity contribution is -0.140. The largest absolute Gasteiger partial charge is 0.469 e. The number of carbonyl (C=O) groups is 1. The molecule has 0 aliphatic heterocycles. The second kappa shape index (κ2) is 4.09. The molecule has 0 amide bonds. The molecule has 1 aliphatic carbocycles. The lowest BCUT2D eigenvalue weighted by Gasteiger charge is -2.11. The highest BCUT2D eigenvalue weighted by Crippen LogP contribution is 2.30. The summed E-state index contributed by atoms with van der Waals surface area (Å²) in [5.74, 6) is 1.56. The molecule has 15 heavy (non-hydrogen) atoms. The number of rotatable bonds is 2. The third-order valence-electron chi connectivity index (χ3n) is 3.04. The fraction of sp³-hybridized carbons (Fsp3) is 0.583. The third-order valence-corrected chi connectivity index (χ3v) is 3.04. The van der Waals surface area contributed by atoms with Crippen LogP contribution in [0.4, 0.5) is 0 Å². The molecule has 0 N–H and O–H groups in total. The molecule has 1 aliphatic rings. The van der Waals surface area contributed by atoms with Crippen LogP contribution in [0.15, 0.2) is 4.42 Å². The molecule has 0 radical (unpaired) electrons. The van der Waals surface area contributed by atoms with Crippen molar-refractivity contribution in [3.8, 4) is 0 Å². The van der Waals surface area contributed by atoms with E-state index in [9.17, 15) is 4.79 Å². The van der Waals surface area contributed by atoms with Gasteiger partial charge in [0, 0.05) is 0 Å². The van der Waals surface area contributed by atoms with Gasteiger partial charge in [-0.1, -0.05) is 0 Å². The van der Waals surface area contributed by atoms with Crippen LogP contribution in [0, 0.1) is 6.92 Å². The number of esters is 1. The van der Waals surface area contributed by atoms with E-state index in [4.69, 9.17) is 4.42 Å². The van der Waals surface area contributed by atoms with Crippen LogP contribution in [0.1, 0.15) is 35.5 Å². The first kappa shape index (κ1) is 10.3. The number of furan rings is 1. The van der Waals surface area contributed by atoms with E-state index < -0.39 is 0 Å². The van der Waals surface area contributed by atoms with Crippen molar-refractivity contribution >= 4 is 5.97 Å². The zero-order valence-corrected chi connectivity index (χ0v) is 9.26. The van der Waals surface area contributed by atoms with Crippen LogP contribution in [-0.2, 0) is 28.8 Å². The highest BCUT2D eigenvalue weighted by Gasteiger charge is 2.22. The van der Waals surface area contributed by atoms with Gasteiger partial charge in [0.15, 0.2) is 0 Å². The van der Waals surface area contributed by atoms with Gasteiger partial charge in [0.2, 0.25) is 0 Å². The van der Waals surface area contributed by atoms with Crippen molar-refractivity contribution in [2.45, 2.75) is 39.0 Å². The summed E-state index contributed by atoms with van der Waals surface area (Å²) in [4.78, 5) is 11.2. The van der Waals surface area contributed by atoms with E-state index in [1.165, 1.54) is 31.1 Å². The van der Waals surface area contributed by atoms with Gasteiger partial charge in [-0.25, -0.2) is 0 Å². The molecule has 2 rings (SSSR count). The number of carbonyl (C=O) groups excluding carboxylic acids is 1. The van der Waals surface area contributed by atoms with Gasteiger partial charge in [-0.05, 0) is 43.7 Å². The first-order valence-electron chi connectivity index (χ1n) is 5.39. The Morgan fingerprint density at radius 2 is 2.00 bits per heavy atom. The fourth-order valence-electron chi connectivity index (χ4n) is 2.26. The Balaban J connectivity index is 2.28. The van der Waals surface area contributed by atoms with Crippen LogP contribution < -0.4 is 0 Å². The zero-order valence-electron chi connectivity index (χ0n) is 9.26. The number of hydrogen-bond donors (Lipinski definition) is 0. The molecule has 3 nitrogen and oxygen atoms in total. The molecule has 0 saturated carbocycles. The second-order valence-electron chi connectivity index (χ2n) is 4.00. The molecule has 0 bridgehead atoms. The lowest BCUT2D eigenvalue weighted by atomic mass is 9.92. The van der Waals surface area contributed by atoms with E-state index in [2.05, 4.69) is 4.74 Å². The van der Waals surface area contributed by atoms with E-state index in [1.807, 2.05) is 6.92 Å². The van der Waals surface area contributed by atoms with E-state index in [1.54, 1.807) is 0 Å². The van der Waals surface area contributed by atoms with Crippen LogP contribution in [0.25, 0.3) is 0 Å². The summed E-state index contributed by atoms with van der Waals surface area (Å²) >= 11 is 0. The SMILES string of the molecule is COC(=O)Cc1oc(C)c2c1CCCC2. The smallest absolute Gasteiger partial charge is 0.313 e. The summed E-state index contributed by atoms with van der Waals surface area (Å²) in [5.41, 5.74) is 2.57. The van der Waals surface area contributed by atoms with Crippen molar-refractivity contribution in [3.63, 3.8) is 0 Å². The van der Waals surface area contributed by atoms with Crippen molar-refractivity contribution in [2.24, 2.45) is 0 Å². The number of methoxy groups -OCH3 is 1. The predicted molar refractivity (Wildman–Crippen MR) is 55.8 cm³/mol. The van der Waals surface area contributed by atoms with Gasteiger partial charge >= 0.3 is 5.97 Å². The molecule has 3 heteroatoms. The van der Waals surface area contributed by atoms with E-state index in [0.717, 1.165) is 24.4 Å². The summed E-state index contributed by atoms with van der Waals surface area (Å²) < 4.78 is 10.3. The summed E-state index contributed by atoms with van der Waals surface area (Å²) in [6.45, 7) is 1.98. The average Bonchev–Trinajstić information content (AvgIpc) is 2.57. The molecule has 0 saturated heterocycles. The van der Waals surface area contributed by atoms with Crippen LogP contribution in [0.3, 0.4) is 0 Å². The first-order valence-corrected chi connectivity index (χ1v) is 5.39. The van der Waals surface area contributed by atoms with E-state index in [0.29, 0.717) is 0 Å². The van der Waals surface area contributed by atoms with Gasteiger partial charge in [0.25, 0.3) is 0 Å². The third kappa shape index (κ3) is 1.91. The van der Waals surface area contributed by atoms with Gasteiger partial charge in [-0.3, -0.25) is 4.79 Å². The monoisotopic (exact) mass is 208 g/mol. The van der Waals surface area contributed by atoms with Crippen molar-refractivity contribution in [2.75, 3.05) is 7.11 Å². The summed E-state index contributed by atoms with van der Waals surface area (Å²) in [6.07, 6.45) is 4.82. The topological polar surface area (TPSA) is 39.4 Å². The first-order chi connectivity index (χ1) is 7.22. The molecule has 1 aromatic rings. The van der Waals surface area contributed by atoms with Crippen LogP contribution >= 0.6 is 0 Å². The normalized spacial score (nSPS) is 14.8. The molecular weight excluding hydrogens is 192 g/mol. The van der Waals surface area contributed by atoms with Gasteiger partial charge < -0.3 is 9.15 Å². The maximum absolute atomic E-state index is 11.2. The molecule has 0 spiro atoms. The Morgan fingerprint density at radius 1 is 1.33 bits per heavy atom. The fourth-order valence-corrected chi connectivity index (χ4v) is 2.26. The van der Waals surface area contributed by atoms with Crippen LogP contribution in [0.2, 0.25) is 0 Å². The number of ether oxygens (including phenoxy) is 1. The van der Waals surface area contributed by atoms with E-state index >= 15 is 0 Å². The predicted octanol–water partition coefficient (Wildman–Crippen LogP) is 2.18. The molecule has 0 unspecified atom stereocenters. The standard InChI is InChI=1S/C12H16O3/c1-8-9-5-3-4-6-10(9)11(15-8)7-12(13)14-2/h3-7H2,1-2H3. The molecule has 0 atom stereocenters. The van der Waals surface area contributed by atoms with Crippen LogP contribution in [0.5, 0.6) is 0 Å². The zero-order chi connectivity index (χ0) is 10.8. The van der Waals surface area contributed by atoms with Crippen molar-refractivity contribution in [1.29, 1.82) is 0 Å². The number of aryl methyl sites for hydroxylation is 1. The molecule has 1 aromatic heterocycles. The van der Waals surface area contributed by atoms with Gasteiger partial charge in [0.1, 0.15) is 17.9 Å². The minimum atomic E-state index is -0.225. The highest BCUT2D eigenvalue weighted by atomic mass is 16.5. The van der Waals surface area contributed by atoms with Crippen molar-refractivity contribution in [1.82, 2.24) is 0 Å². The summed E-state index contributed by atoms with van der Waals surface area (Å²) in [5, 5.41) is 0. The maximum Gasteiger partial charge on any atom is 0.313 e. The van der Waals surface area contributed by atoms with Gasteiger partial charge in [0.05, 0.1) is 7.11 Å². The quantitative estimate of drug-likeness (QED) is 0.699. The minimum Gasteiger partial charge on any atom is -0.469 e. The Bertz CT molecular complexity index is 376. The Morgan fingerprint density at radius 3 is 2.67 bits per heavy atom. The molecular formula is C12H16O3. The van der Waals surface area contributed by atoms with Crippen molar-refractivity contribution in [3.05, 3.63) is 22.6 Å². The Labute approximate surface area is 89.4 Å². The maximum atomic E-state index is 11.2. The van der Waals surface area contributed by atoms with Crippen LogP contribution in [-0.4, -0.2) is 13.1 Å². The number of hydrogen-bond acceptors (Lipinski definition) is 3. The Hall–Kier alpha value is -1.25. The molecule has 82 valence electrons. The second-order valence-corrected chi connectivity index (χ2v) is 4.00. The lowest BCUT2D eigenvalue weighted by Crippen LogP contribution is -2.08. The van der Waals surface area contributed by atoms with Gasteiger partial charge in [-0.2, -0.15) is 0 Å². The van der Waals surface area contributed by atoms with E-state index in [-0.39, 0.29) is 12.4 Å². The highest BCUT2D eigenvalue weighted by molar-refractivity contribution is 5.72. The average molecular weight is 208 g/mol. The number of fused-ring (bicyclic) bond motifs is 1.